The van der Waals surface area contributed by atoms with Gasteiger partial charge in [-0.2, -0.15) is 0 Å². The molecular weight excluding hydrogens is 550 g/mol. The number of carbonyl (C=O) groups excluding carboxylic acids is 1. The molecule has 3 N–H and O–H groups in total. The summed E-state index contributed by atoms with van der Waals surface area (Å²) in [6, 6.07) is 16.9. The van der Waals surface area contributed by atoms with Crippen LogP contribution in [0.5, 0.6) is 0 Å². The zero-order chi connectivity index (χ0) is 31.5. The number of benzene rings is 2. The molecule has 240 valence electrons. The molecule has 0 spiro atoms. The van der Waals surface area contributed by atoms with Crippen molar-refractivity contribution in [3.05, 3.63) is 71.1 Å². The largest absolute Gasteiger partial charge is 0.481 e. The van der Waals surface area contributed by atoms with Gasteiger partial charge in [0.25, 0.3) is 0 Å². The third-order valence-electron chi connectivity index (χ3n) is 9.50. The third kappa shape index (κ3) is 8.87. The van der Waals surface area contributed by atoms with E-state index in [2.05, 4.69) is 73.0 Å². The van der Waals surface area contributed by atoms with E-state index in [4.69, 9.17) is 4.74 Å². The lowest BCUT2D eigenvalue weighted by atomic mass is 9.87. The molecule has 1 heterocycles. The Hall–Kier alpha value is -3.32. The number of carboxylic acids is 1. The van der Waals surface area contributed by atoms with Crippen molar-refractivity contribution >= 4 is 23.3 Å². The van der Waals surface area contributed by atoms with Gasteiger partial charge < -0.3 is 25.4 Å². The van der Waals surface area contributed by atoms with Crippen molar-refractivity contribution in [2.24, 2.45) is 5.92 Å². The number of nitrogens with zero attached hydrogens (tertiary/aromatic N) is 1. The molecule has 3 fully saturated rings. The Morgan fingerprint density at radius 2 is 1.66 bits per heavy atom. The van der Waals surface area contributed by atoms with Gasteiger partial charge in [0.2, 0.25) is 5.91 Å². The molecule has 2 aliphatic carbocycles. The van der Waals surface area contributed by atoms with Gasteiger partial charge >= 0.3 is 5.97 Å². The first-order chi connectivity index (χ1) is 21.4. The number of amides is 1. The summed E-state index contributed by atoms with van der Waals surface area (Å²) >= 11 is 0. The summed E-state index contributed by atoms with van der Waals surface area (Å²) in [4.78, 5) is 26.5. The summed E-state index contributed by atoms with van der Waals surface area (Å²) in [5.41, 5.74) is 5.94. The molecule has 3 aliphatic rings. The van der Waals surface area contributed by atoms with Crippen molar-refractivity contribution in [2.45, 2.75) is 116 Å². The smallest absolute Gasteiger partial charge is 0.306 e. The van der Waals surface area contributed by atoms with E-state index >= 15 is 0 Å². The average Bonchev–Trinajstić information content (AvgIpc) is 3.50. The minimum Gasteiger partial charge on any atom is -0.481 e. The fourth-order valence-electron chi connectivity index (χ4n) is 6.39. The highest BCUT2D eigenvalue weighted by atomic mass is 16.5. The molecule has 5 rings (SSSR count). The molecule has 7 heteroatoms. The van der Waals surface area contributed by atoms with Gasteiger partial charge in [0, 0.05) is 17.9 Å². The lowest BCUT2D eigenvalue weighted by Crippen LogP contribution is -2.40. The van der Waals surface area contributed by atoms with Crippen LogP contribution in [0.3, 0.4) is 0 Å². The number of allylic oxidation sites excluding steroid dienone is 1. The van der Waals surface area contributed by atoms with Crippen molar-refractivity contribution in [3.8, 4) is 0 Å². The zero-order valence-corrected chi connectivity index (χ0v) is 27.2. The Morgan fingerprint density at radius 3 is 2.30 bits per heavy atom. The number of hydrogen-bond acceptors (Lipinski definition) is 5. The molecule has 0 bridgehead atoms. The maximum atomic E-state index is 13.3. The predicted octanol–water partition coefficient (Wildman–Crippen LogP) is 8.34. The lowest BCUT2D eigenvalue weighted by Gasteiger charge is -2.30. The molecule has 2 atom stereocenters. The van der Waals surface area contributed by atoms with Crippen LogP contribution in [0.1, 0.15) is 109 Å². The maximum absolute atomic E-state index is 13.3. The van der Waals surface area contributed by atoms with E-state index in [0.717, 1.165) is 74.2 Å². The molecule has 1 amide bonds. The first-order valence-electron chi connectivity index (χ1n) is 17.0. The van der Waals surface area contributed by atoms with Crippen LogP contribution in [0.25, 0.3) is 0 Å². The van der Waals surface area contributed by atoms with Crippen LogP contribution in [0.2, 0.25) is 0 Å². The van der Waals surface area contributed by atoms with E-state index in [1.165, 1.54) is 17.6 Å². The van der Waals surface area contributed by atoms with Crippen molar-refractivity contribution < 1.29 is 19.4 Å². The van der Waals surface area contributed by atoms with Crippen LogP contribution >= 0.6 is 0 Å². The number of rotatable bonds is 12. The number of carboxylic acid groups (broad SMARTS) is 1. The molecule has 2 aromatic rings. The number of hydrogen-bond donors (Lipinski definition) is 3. The minimum absolute atomic E-state index is 0.107. The molecule has 2 aromatic carbocycles. The van der Waals surface area contributed by atoms with Crippen LogP contribution in [0, 0.1) is 5.92 Å². The number of nitrogens with one attached hydrogen (secondary N) is 2. The summed E-state index contributed by atoms with van der Waals surface area (Å²) < 4.78 is 6.18. The maximum Gasteiger partial charge on any atom is 0.306 e. The van der Waals surface area contributed by atoms with Gasteiger partial charge in [0.15, 0.2) is 0 Å². The summed E-state index contributed by atoms with van der Waals surface area (Å²) in [6.45, 7) is 9.82. The van der Waals surface area contributed by atoms with Gasteiger partial charge in [-0.3, -0.25) is 9.59 Å². The van der Waals surface area contributed by atoms with Crippen molar-refractivity contribution in [1.82, 2.24) is 4.90 Å². The van der Waals surface area contributed by atoms with Gasteiger partial charge in [-0.1, -0.05) is 58.0 Å². The molecule has 1 aliphatic heterocycles. The lowest BCUT2D eigenvalue weighted by molar-refractivity contribution is -0.144. The molecule has 0 radical (unpaired) electrons. The van der Waals surface area contributed by atoms with E-state index < -0.39 is 5.97 Å². The number of anilines is 2. The number of likely N-dealkylation sites (tertiary alicyclic amines) is 1. The Kier molecular flexibility index (Phi) is 12.7. The van der Waals surface area contributed by atoms with Gasteiger partial charge in [0.1, 0.15) is 5.82 Å². The summed E-state index contributed by atoms with van der Waals surface area (Å²) in [5, 5.41) is 16.6. The molecule has 1 saturated heterocycles. The van der Waals surface area contributed by atoms with E-state index in [-0.39, 0.29) is 24.0 Å². The summed E-state index contributed by atoms with van der Waals surface area (Å²) in [7, 11) is 0. The SMILES string of the molecule is CC.CCC(C)c1ccccc1NC(Nc1ccc(CC(=O)N2CCCC2COC2CCC(C(=O)O)CC2)cc1)=C1CCC1. The van der Waals surface area contributed by atoms with Crippen molar-refractivity contribution in [2.75, 3.05) is 23.8 Å². The van der Waals surface area contributed by atoms with Gasteiger partial charge in [-0.25, -0.2) is 0 Å². The standard InChI is InChI=1S/C35H47N3O4.C2H6/c1-3-24(2)31-11-4-5-12-32(31)37-34(26-8-6-9-26)36-28-17-13-25(14-18-28)22-33(39)38-21-7-10-29(38)23-42-30-19-15-27(16-20-30)35(40)41;1-2/h4-5,11-14,17-18,24,27,29-30,36-37H,3,6-10,15-16,19-23H2,1-2H3,(H,40,41);1-2H3. The normalized spacial score (nSPS) is 21.9. The first-order valence-corrected chi connectivity index (χ1v) is 17.0. The first kappa shape index (κ1) is 33.6. The Labute approximate surface area is 264 Å². The van der Waals surface area contributed by atoms with Gasteiger partial charge in [-0.05, 0) is 105 Å². The third-order valence-corrected chi connectivity index (χ3v) is 9.50. The zero-order valence-electron chi connectivity index (χ0n) is 27.2. The molecule has 44 heavy (non-hydrogen) atoms. The quantitative estimate of drug-likeness (QED) is 0.226. The number of ether oxygens (including phenoxy) is 1. The molecule has 2 unspecified atom stereocenters. The minimum atomic E-state index is -0.694. The summed E-state index contributed by atoms with van der Waals surface area (Å²) in [6.07, 6.45) is 9.93. The van der Waals surface area contributed by atoms with Crippen LogP contribution < -0.4 is 10.6 Å². The monoisotopic (exact) mass is 603 g/mol. The van der Waals surface area contributed by atoms with E-state index in [1.54, 1.807) is 0 Å². The van der Waals surface area contributed by atoms with Crippen LogP contribution in [0.15, 0.2) is 59.9 Å². The Morgan fingerprint density at radius 1 is 0.955 bits per heavy atom. The topological polar surface area (TPSA) is 90.9 Å². The molecule has 2 saturated carbocycles. The highest BCUT2D eigenvalue weighted by Gasteiger charge is 2.31. The van der Waals surface area contributed by atoms with Crippen molar-refractivity contribution in [3.63, 3.8) is 0 Å². The second-order valence-electron chi connectivity index (χ2n) is 12.4. The molecule has 0 aromatic heterocycles. The van der Waals surface area contributed by atoms with E-state index in [0.29, 0.717) is 31.8 Å². The Balaban J connectivity index is 0.00000216. The van der Waals surface area contributed by atoms with Crippen LogP contribution in [0.4, 0.5) is 11.4 Å². The van der Waals surface area contributed by atoms with Gasteiger partial charge in [-0.15, -0.1) is 0 Å². The molecule has 7 nitrogen and oxygen atoms in total. The van der Waals surface area contributed by atoms with Crippen LogP contribution in [-0.4, -0.2) is 47.2 Å². The predicted molar refractivity (Wildman–Crippen MR) is 179 cm³/mol. The number of para-hydroxylation sites is 1. The second-order valence-corrected chi connectivity index (χ2v) is 12.4. The van der Waals surface area contributed by atoms with E-state index in [1.807, 2.05) is 18.7 Å². The fraction of sp³-hybridized carbons (Fsp3) is 0.568. The molecular formula is C37H53N3O4. The van der Waals surface area contributed by atoms with Crippen molar-refractivity contribution in [1.29, 1.82) is 0 Å². The Bertz CT molecular complexity index is 1240. The number of aliphatic carboxylic acids is 1. The fourth-order valence-corrected chi connectivity index (χ4v) is 6.39. The average molecular weight is 604 g/mol. The van der Waals surface area contributed by atoms with E-state index in [9.17, 15) is 14.7 Å². The number of carbonyl (C=O) groups is 2. The second kappa shape index (κ2) is 16.7. The summed E-state index contributed by atoms with van der Waals surface area (Å²) in [5.74, 6) is 0.785. The van der Waals surface area contributed by atoms with Gasteiger partial charge in [0.05, 0.1) is 31.1 Å². The highest BCUT2D eigenvalue weighted by Crippen LogP contribution is 2.33. The van der Waals surface area contributed by atoms with Crippen LogP contribution in [-0.2, 0) is 20.7 Å². The highest BCUT2D eigenvalue weighted by molar-refractivity contribution is 5.79.